The Balaban J connectivity index is 1.70. The van der Waals surface area contributed by atoms with Gasteiger partial charge in [-0.05, 0) is 48.7 Å². The van der Waals surface area contributed by atoms with Crippen LogP contribution in [0.3, 0.4) is 0 Å². The highest BCUT2D eigenvalue weighted by atomic mass is 16.2. The van der Waals surface area contributed by atoms with E-state index in [2.05, 4.69) is 20.5 Å². The summed E-state index contributed by atoms with van der Waals surface area (Å²) in [6.45, 7) is 0. The van der Waals surface area contributed by atoms with E-state index in [1.807, 2.05) is 5.94 Å². The van der Waals surface area contributed by atoms with E-state index >= 15 is 0 Å². The van der Waals surface area contributed by atoms with Crippen LogP contribution in [0, 0.1) is 17.8 Å². The van der Waals surface area contributed by atoms with Gasteiger partial charge in [0, 0.05) is 6.20 Å². The van der Waals surface area contributed by atoms with Crippen molar-refractivity contribution in [1.29, 1.82) is 0 Å². The monoisotopic (exact) mass is 298 g/mol. The predicted molar refractivity (Wildman–Crippen MR) is 79.0 cm³/mol. The summed E-state index contributed by atoms with van der Waals surface area (Å²) in [6, 6.07) is 0. The average Bonchev–Trinajstić information content (AvgIpc) is 3.38. The largest absolute Gasteiger partial charge is 0.325 e. The maximum absolute atomic E-state index is 11.9. The molecule has 0 amide bonds. The first-order valence-electron chi connectivity index (χ1n) is 7.30. The molecule has 2 saturated carbocycles. The molecule has 7 heteroatoms. The molecular weight excluding hydrogens is 284 g/mol. The van der Waals surface area contributed by atoms with Gasteiger partial charge in [0.2, 0.25) is 0 Å². The Morgan fingerprint density at radius 2 is 2.09 bits per heavy atom. The summed E-state index contributed by atoms with van der Waals surface area (Å²) in [7, 11) is 0. The zero-order valence-electron chi connectivity index (χ0n) is 11.7. The van der Waals surface area contributed by atoms with Crippen LogP contribution in [0.2, 0.25) is 0 Å². The molecule has 4 rings (SSSR count). The smallest absolute Gasteiger partial charge is 0.313 e. The van der Waals surface area contributed by atoms with Crippen molar-refractivity contribution in [3.05, 3.63) is 49.9 Å². The molecule has 2 atom stereocenters. The quantitative estimate of drug-likeness (QED) is 0.686. The van der Waals surface area contributed by atoms with Gasteiger partial charge < -0.3 is 4.98 Å². The second-order valence-electron chi connectivity index (χ2n) is 6.01. The van der Waals surface area contributed by atoms with E-state index in [1.54, 1.807) is 6.08 Å². The van der Waals surface area contributed by atoms with Crippen molar-refractivity contribution in [3.63, 3.8) is 0 Å². The highest BCUT2D eigenvalue weighted by molar-refractivity contribution is 6.09. The van der Waals surface area contributed by atoms with Crippen molar-refractivity contribution < 1.29 is 4.79 Å². The first kappa shape index (κ1) is 13.0. The van der Waals surface area contributed by atoms with Crippen molar-refractivity contribution in [2.45, 2.75) is 19.3 Å². The van der Waals surface area contributed by atoms with Gasteiger partial charge in [0.05, 0.1) is 11.3 Å². The Morgan fingerprint density at radius 1 is 1.27 bits per heavy atom. The van der Waals surface area contributed by atoms with Gasteiger partial charge in [-0.25, -0.2) is 9.59 Å². The summed E-state index contributed by atoms with van der Waals surface area (Å²) < 4.78 is 0. The molecule has 0 radical (unpaired) electrons. The third-order valence-electron chi connectivity index (χ3n) is 4.53. The van der Waals surface area contributed by atoms with Crippen LogP contribution in [0.1, 0.15) is 24.8 Å². The first-order chi connectivity index (χ1) is 10.7. The summed E-state index contributed by atoms with van der Waals surface area (Å²) in [4.78, 5) is 38.7. The lowest BCUT2D eigenvalue weighted by Gasteiger charge is -2.15. The van der Waals surface area contributed by atoms with Gasteiger partial charge in [0.1, 0.15) is 5.70 Å². The van der Waals surface area contributed by atoms with E-state index in [0.717, 1.165) is 17.9 Å². The van der Waals surface area contributed by atoms with Gasteiger partial charge in [0.15, 0.2) is 5.94 Å². The van der Waals surface area contributed by atoms with Crippen LogP contribution >= 0.6 is 0 Å². The van der Waals surface area contributed by atoms with Gasteiger partial charge in [-0.2, -0.15) is 5.10 Å². The SMILES string of the molecule is O=C=C1NN=C(c2c[nH]c(=O)[nH]c2=O)C=C1[C@@H]1C[C@H]1C1CC1. The van der Waals surface area contributed by atoms with E-state index in [9.17, 15) is 14.4 Å². The predicted octanol–water partition coefficient (Wildman–Crippen LogP) is 0.0585. The van der Waals surface area contributed by atoms with Crippen molar-refractivity contribution in [2.24, 2.45) is 22.9 Å². The molecule has 0 spiro atoms. The first-order valence-corrected chi connectivity index (χ1v) is 7.30. The lowest BCUT2D eigenvalue weighted by Crippen LogP contribution is -2.29. The molecule has 2 aliphatic carbocycles. The molecule has 3 N–H and O–H groups in total. The maximum Gasteiger partial charge on any atom is 0.325 e. The minimum Gasteiger partial charge on any atom is -0.313 e. The number of nitrogens with one attached hydrogen (secondary N) is 3. The Morgan fingerprint density at radius 3 is 2.77 bits per heavy atom. The Hall–Kier alpha value is -2.66. The third-order valence-corrected chi connectivity index (χ3v) is 4.53. The number of aromatic amines is 2. The lowest BCUT2D eigenvalue weighted by molar-refractivity contribution is 0.564. The molecule has 0 aromatic carbocycles. The fourth-order valence-corrected chi connectivity index (χ4v) is 3.16. The molecule has 22 heavy (non-hydrogen) atoms. The summed E-state index contributed by atoms with van der Waals surface area (Å²) in [5.41, 5.74) is 3.49. The number of allylic oxidation sites excluding steroid dienone is 2. The molecule has 3 aliphatic rings. The van der Waals surface area contributed by atoms with Crippen LogP contribution in [0.5, 0.6) is 0 Å². The number of rotatable bonds is 3. The average molecular weight is 298 g/mol. The molecular formula is C15H14N4O3. The third kappa shape index (κ3) is 2.16. The maximum atomic E-state index is 11.9. The van der Waals surface area contributed by atoms with Crippen molar-refractivity contribution in [3.8, 4) is 0 Å². The fraction of sp³-hybridized carbons (Fsp3) is 0.400. The lowest BCUT2D eigenvalue weighted by atomic mass is 10.00. The summed E-state index contributed by atoms with van der Waals surface area (Å²) >= 11 is 0. The van der Waals surface area contributed by atoms with Crippen LogP contribution in [-0.2, 0) is 4.79 Å². The van der Waals surface area contributed by atoms with Gasteiger partial charge in [-0.15, -0.1) is 0 Å². The van der Waals surface area contributed by atoms with Crippen LogP contribution in [0.25, 0.3) is 0 Å². The van der Waals surface area contributed by atoms with E-state index in [4.69, 9.17) is 0 Å². The second-order valence-corrected chi connectivity index (χ2v) is 6.01. The highest BCUT2D eigenvalue weighted by Crippen LogP contribution is 2.58. The van der Waals surface area contributed by atoms with Crippen LogP contribution in [0.4, 0.5) is 0 Å². The van der Waals surface area contributed by atoms with Gasteiger partial charge in [0.25, 0.3) is 5.56 Å². The topological polar surface area (TPSA) is 107 Å². The minimum atomic E-state index is -0.563. The van der Waals surface area contributed by atoms with Crippen LogP contribution in [0.15, 0.2) is 38.2 Å². The van der Waals surface area contributed by atoms with Crippen LogP contribution in [-0.4, -0.2) is 21.6 Å². The zero-order valence-corrected chi connectivity index (χ0v) is 11.7. The molecule has 0 saturated heterocycles. The number of H-pyrrole nitrogens is 2. The zero-order chi connectivity index (χ0) is 15.3. The molecule has 1 aromatic rings. The van der Waals surface area contributed by atoms with E-state index in [0.29, 0.717) is 23.2 Å². The number of nitrogens with zero attached hydrogens (tertiary/aromatic N) is 1. The van der Waals surface area contributed by atoms with E-state index in [-0.39, 0.29) is 5.56 Å². The highest BCUT2D eigenvalue weighted by Gasteiger charge is 2.50. The molecule has 2 fully saturated rings. The Labute approximate surface area is 124 Å². The molecule has 7 nitrogen and oxygen atoms in total. The molecule has 1 aliphatic heterocycles. The molecule has 0 bridgehead atoms. The van der Waals surface area contributed by atoms with Gasteiger partial charge in [-0.1, -0.05) is 0 Å². The van der Waals surface area contributed by atoms with Crippen molar-refractivity contribution in [2.75, 3.05) is 0 Å². The van der Waals surface area contributed by atoms with E-state index < -0.39 is 11.2 Å². The standard InChI is InChI=1S/C15H14N4O3/c20-6-13-10(9-3-8(9)7-1-2-7)4-12(18-19-13)11-5-16-15(22)17-14(11)21/h4-5,7-9,19H,1-3H2,(H2,16,17,21,22)/t8-,9+/m0/s1. The molecule has 0 unspecified atom stereocenters. The molecule has 112 valence electrons. The van der Waals surface area contributed by atoms with Gasteiger partial charge >= 0.3 is 5.69 Å². The number of carbonyl (C=O) groups excluding carboxylic acids is 1. The summed E-state index contributed by atoms with van der Waals surface area (Å²) in [5.74, 6) is 3.63. The number of hydrogen-bond acceptors (Lipinski definition) is 5. The van der Waals surface area contributed by atoms with Gasteiger partial charge in [-0.3, -0.25) is 15.2 Å². The number of hydrazone groups is 1. The number of aromatic nitrogens is 2. The summed E-state index contributed by atoms with van der Waals surface area (Å²) in [5, 5.41) is 4.04. The Bertz CT molecular complexity index is 865. The summed E-state index contributed by atoms with van der Waals surface area (Å²) in [6.07, 6.45) is 6.69. The van der Waals surface area contributed by atoms with E-state index in [1.165, 1.54) is 19.0 Å². The molecule has 1 aromatic heterocycles. The molecule has 2 heterocycles. The second kappa shape index (κ2) is 4.68. The minimum absolute atomic E-state index is 0.262. The Kier molecular flexibility index (Phi) is 2.77. The fourth-order valence-electron chi connectivity index (χ4n) is 3.16. The van der Waals surface area contributed by atoms with Crippen molar-refractivity contribution in [1.82, 2.24) is 15.4 Å². The van der Waals surface area contributed by atoms with Crippen molar-refractivity contribution >= 4 is 11.7 Å². The normalized spacial score (nSPS) is 26.6. The number of hydrogen-bond donors (Lipinski definition) is 3. The van der Waals surface area contributed by atoms with Crippen LogP contribution < -0.4 is 16.7 Å².